The van der Waals surface area contributed by atoms with Gasteiger partial charge < -0.3 is 9.80 Å². The molecular formula is C21H18F3N3OS. The van der Waals surface area contributed by atoms with Crippen LogP contribution >= 0.6 is 11.3 Å². The quantitative estimate of drug-likeness (QED) is 0.630. The van der Waals surface area contributed by atoms with Crippen LogP contribution in [0.3, 0.4) is 0 Å². The third-order valence-electron chi connectivity index (χ3n) is 4.93. The molecule has 0 unspecified atom stereocenters. The van der Waals surface area contributed by atoms with Crippen LogP contribution in [0.5, 0.6) is 0 Å². The molecule has 1 saturated heterocycles. The highest BCUT2D eigenvalue weighted by Gasteiger charge is 2.27. The van der Waals surface area contributed by atoms with Crippen LogP contribution in [0.4, 0.5) is 18.9 Å². The van der Waals surface area contributed by atoms with Crippen LogP contribution in [0, 0.1) is 24.4 Å². The van der Waals surface area contributed by atoms with Crippen molar-refractivity contribution >= 4 is 22.9 Å². The number of thiazole rings is 1. The summed E-state index contributed by atoms with van der Waals surface area (Å²) in [6, 6.07) is 9.90. The number of aryl methyl sites for hydroxylation is 1. The largest absolute Gasteiger partial charge is 0.368 e. The molecule has 0 saturated carbocycles. The summed E-state index contributed by atoms with van der Waals surface area (Å²) in [7, 11) is 0. The molecule has 1 amide bonds. The summed E-state index contributed by atoms with van der Waals surface area (Å²) < 4.78 is 41.2. The van der Waals surface area contributed by atoms with Crippen LogP contribution in [-0.4, -0.2) is 42.0 Å². The van der Waals surface area contributed by atoms with Gasteiger partial charge in [-0.05, 0) is 43.3 Å². The van der Waals surface area contributed by atoms with E-state index in [-0.39, 0.29) is 22.3 Å². The van der Waals surface area contributed by atoms with Gasteiger partial charge in [0.05, 0.1) is 11.3 Å². The molecule has 0 spiro atoms. The normalized spacial score (nSPS) is 14.3. The van der Waals surface area contributed by atoms with Crippen molar-refractivity contribution in [2.45, 2.75) is 6.92 Å². The molecule has 4 nitrogen and oxygen atoms in total. The van der Waals surface area contributed by atoms with Gasteiger partial charge in [0.1, 0.15) is 27.3 Å². The minimum atomic E-state index is -0.703. The van der Waals surface area contributed by atoms with Gasteiger partial charge in [0, 0.05) is 31.9 Å². The van der Waals surface area contributed by atoms with Gasteiger partial charge in [-0.25, -0.2) is 18.2 Å². The van der Waals surface area contributed by atoms with Crippen molar-refractivity contribution in [2.75, 3.05) is 31.1 Å². The predicted octanol–water partition coefficient (Wildman–Crippen LogP) is 4.50. The molecule has 2 heterocycles. The molecule has 0 N–H and O–H groups in total. The number of hydrogen-bond acceptors (Lipinski definition) is 4. The fraction of sp³-hybridized carbons (Fsp3) is 0.238. The zero-order valence-corrected chi connectivity index (χ0v) is 16.5. The third kappa shape index (κ3) is 3.85. The molecule has 1 aromatic heterocycles. The van der Waals surface area contributed by atoms with E-state index in [9.17, 15) is 18.0 Å². The second kappa shape index (κ2) is 7.87. The van der Waals surface area contributed by atoms with E-state index in [1.807, 2.05) is 0 Å². The number of carbonyl (C=O) groups excluding carboxylic acids is 1. The molecule has 0 aliphatic carbocycles. The van der Waals surface area contributed by atoms with Crippen LogP contribution in [0.2, 0.25) is 0 Å². The van der Waals surface area contributed by atoms with E-state index in [0.29, 0.717) is 36.8 Å². The van der Waals surface area contributed by atoms with E-state index < -0.39 is 11.6 Å². The summed E-state index contributed by atoms with van der Waals surface area (Å²) >= 11 is 1.00. The second-order valence-electron chi connectivity index (χ2n) is 6.79. The van der Waals surface area contributed by atoms with E-state index in [1.165, 1.54) is 30.3 Å². The minimum Gasteiger partial charge on any atom is -0.368 e. The van der Waals surface area contributed by atoms with Crippen LogP contribution < -0.4 is 4.90 Å². The highest BCUT2D eigenvalue weighted by Crippen LogP contribution is 2.32. The first-order valence-corrected chi connectivity index (χ1v) is 9.97. The predicted molar refractivity (Wildman–Crippen MR) is 107 cm³/mol. The summed E-state index contributed by atoms with van der Waals surface area (Å²) in [6.45, 7) is 3.89. The summed E-state index contributed by atoms with van der Waals surface area (Å²) in [5.74, 6) is -1.89. The minimum absolute atomic E-state index is 0.159. The Labute approximate surface area is 170 Å². The number of halogens is 3. The van der Waals surface area contributed by atoms with Crippen LogP contribution in [0.25, 0.3) is 10.6 Å². The van der Waals surface area contributed by atoms with Crippen molar-refractivity contribution in [2.24, 2.45) is 0 Å². The van der Waals surface area contributed by atoms with Gasteiger partial charge in [-0.15, -0.1) is 11.3 Å². The molecule has 1 aliphatic rings. The van der Waals surface area contributed by atoms with Crippen LogP contribution in [-0.2, 0) is 0 Å². The number of hydrogen-bond donors (Lipinski definition) is 0. The average Bonchev–Trinajstić information content (AvgIpc) is 3.09. The summed E-state index contributed by atoms with van der Waals surface area (Å²) in [4.78, 5) is 21.4. The van der Waals surface area contributed by atoms with E-state index in [1.54, 1.807) is 24.0 Å². The first kappa shape index (κ1) is 19.4. The molecule has 8 heteroatoms. The highest BCUT2D eigenvalue weighted by molar-refractivity contribution is 7.17. The van der Waals surface area contributed by atoms with Gasteiger partial charge in [0.15, 0.2) is 0 Å². The lowest BCUT2D eigenvalue weighted by atomic mass is 10.2. The van der Waals surface area contributed by atoms with Crippen LogP contribution in [0.1, 0.15) is 15.4 Å². The summed E-state index contributed by atoms with van der Waals surface area (Å²) in [5.41, 5.74) is 1.16. The smallest absolute Gasteiger partial charge is 0.265 e. The standard InChI is InChI=1S/C21H18F3N3OS/c1-13-19(29-20(25-13)18-16(23)3-2-4-17(18)24)21(28)27-11-9-26(10-12-27)15-7-5-14(22)6-8-15/h2-8H,9-12H2,1H3. The topological polar surface area (TPSA) is 36.4 Å². The molecule has 0 bridgehead atoms. The first-order valence-electron chi connectivity index (χ1n) is 9.15. The van der Waals surface area contributed by atoms with Crippen molar-refractivity contribution in [1.82, 2.24) is 9.88 Å². The summed E-state index contributed by atoms with van der Waals surface area (Å²) in [6.07, 6.45) is 0. The molecule has 3 aromatic rings. The van der Waals surface area contributed by atoms with E-state index in [0.717, 1.165) is 17.0 Å². The Kier molecular flexibility index (Phi) is 5.27. The number of anilines is 1. The van der Waals surface area contributed by atoms with Gasteiger partial charge in [0.25, 0.3) is 5.91 Å². The Bertz CT molecular complexity index is 1020. The fourth-order valence-electron chi connectivity index (χ4n) is 3.37. The molecule has 0 radical (unpaired) electrons. The van der Waals surface area contributed by atoms with Crippen LogP contribution in [0.15, 0.2) is 42.5 Å². The monoisotopic (exact) mass is 417 g/mol. The maximum atomic E-state index is 14.1. The fourth-order valence-corrected chi connectivity index (χ4v) is 4.45. The van der Waals surface area contributed by atoms with E-state index >= 15 is 0 Å². The zero-order chi connectivity index (χ0) is 20.5. The number of aromatic nitrogens is 1. The van der Waals surface area contributed by atoms with Crippen molar-refractivity contribution in [1.29, 1.82) is 0 Å². The third-order valence-corrected chi connectivity index (χ3v) is 6.09. The number of amides is 1. The lowest BCUT2D eigenvalue weighted by Crippen LogP contribution is -2.48. The Morgan fingerprint density at radius 3 is 2.21 bits per heavy atom. The van der Waals surface area contributed by atoms with Gasteiger partial charge in [0.2, 0.25) is 0 Å². The van der Waals surface area contributed by atoms with Gasteiger partial charge >= 0.3 is 0 Å². The van der Waals surface area contributed by atoms with E-state index in [4.69, 9.17) is 0 Å². The van der Waals surface area contributed by atoms with Crippen molar-refractivity contribution in [3.63, 3.8) is 0 Å². The number of rotatable bonds is 3. The molecular weight excluding hydrogens is 399 g/mol. The Hall–Kier alpha value is -2.87. The Morgan fingerprint density at radius 1 is 0.966 bits per heavy atom. The van der Waals surface area contributed by atoms with E-state index in [2.05, 4.69) is 9.88 Å². The molecule has 150 valence electrons. The molecule has 1 aliphatic heterocycles. The zero-order valence-electron chi connectivity index (χ0n) is 15.7. The molecule has 4 rings (SSSR count). The Morgan fingerprint density at radius 2 is 1.59 bits per heavy atom. The maximum absolute atomic E-state index is 14.1. The number of nitrogens with zero attached hydrogens (tertiary/aromatic N) is 3. The number of benzene rings is 2. The number of piperazine rings is 1. The first-order chi connectivity index (χ1) is 13.9. The number of carbonyl (C=O) groups is 1. The lowest BCUT2D eigenvalue weighted by Gasteiger charge is -2.36. The van der Waals surface area contributed by atoms with Gasteiger partial charge in [-0.3, -0.25) is 4.79 Å². The van der Waals surface area contributed by atoms with Gasteiger partial charge in [-0.2, -0.15) is 0 Å². The molecule has 0 atom stereocenters. The highest BCUT2D eigenvalue weighted by atomic mass is 32.1. The average molecular weight is 417 g/mol. The molecule has 2 aromatic carbocycles. The van der Waals surface area contributed by atoms with Crippen molar-refractivity contribution in [3.8, 4) is 10.6 Å². The SMILES string of the molecule is Cc1nc(-c2c(F)cccc2F)sc1C(=O)N1CCN(c2ccc(F)cc2)CC1. The molecule has 29 heavy (non-hydrogen) atoms. The summed E-state index contributed by atoms with van der Waals surface area (Å²) in [5, 5.41) is 0.159. The van der Waals surface area contributed by atoms with Gasteiger partial charge in [-0.1, -0.05) is 6.07 Å². The maximum Gasteiger partial charge on any atom is 0.265 e. The van der Waals surface area contributed by atoms with Crippen molar-refractivity contribution in [3.05, 3.63) is 70.5 Å². The Balaban J connectivity index is 1.50. The second-order valence-corrected chi connectivity index (χ2v) is 7.78. The lowest BCUT2D eigenvalue weighted by molar-refractivity contribution is 0.0750. The molecule has 1 fully saturated rings. The van der Waals surface area contributed by atoms with Crippen molar-refractivity contribution < 1.29 is 18.0 Å².